The molecule has 0 saturated heterocycles. The van der Waals surface area contributed by atoms with Crippen LogP contribution in [0.25, 0.3) is 0 Å². The lowest BCUT2D eigenvalue weighted by Gasteiger charge is -2.12. The third-order valence-electron chi connectivity index (χ3n) is 2.58. The molecule has 1 rings (SSSR count). The number of hydrogen-bond acceptors (Lipinski definition) is 4. The number of benzene rings is 1. The molecule has 0 aliphatic carbocycles. The van der Waals surface area contributed by atoms with E-state index in [1.54, 1.807) is 0 Å². The number of ether oxygens (including phenoxy) is 1. The van der Waals surface area contributed by atoms with Crippen LogP contribution in [0.15, 0.2) is 18.2 Å². The summed E-state index contributed by atoms with van der Waals surface area (Å²) in [7, 11) is 0. The Bertz CT molecular complexity index is 341. The van der Waals surface area contributed by atoms with E-state index in [0.717, 1.165) is 24.4 Å². The van der Waals surface area contributed by atoms with Crippen molar-refractivity contribution in [3.05, 3.63) is 29.3 Å². The van der Waals surface area contributed by atoms with Gasteiger partial charge in [-0.1, -0.05) is 12.1 Å². The van der Waals surface area contributed by atoms with Gasteiger partial charge in [0, 0.05) is 25.7 Å². The van der Waals surface area contributed by atoms with Gasteiger partial charge >= 0.3 is 0 Å². The monoisotopic (exact) mass is 237 g/mol. The molecule has 1 aromatic rings. The van der Waals surface area contributed by atoms with E-state index < -0.39 is 0 Å². The van der Waals surface area contributed by atoms with Gasteiger partial charge in [-0.3, -0.25) is 0 Å². The second kappa shape index (κ2) is 7.27. The third-order valence-corrected chi connectivity index (χ3v) is 2.58. The molecule has 0 saturated carbocycles. The minimum Gasteiger partial charge on any atom is -0.494 e. The standard InChI is InChI=1S/C13H23N3O/c1-3-17-13-5-4-11(6-10(13)2)8-16-9-12(15)7-14/h4-6,12,16H,3,7-9,14-15H2,1-2H3. The molecule has 0 amide bonds. The molecule has 0 radical (unpaired) electrons. The molecule has 4 heteroatoms. The molecule has 0 aliphatic rings. The van der Waals surface area contributed by atoms with E-state index in [1.165, 1.54) is 5.56 Å². The Morgan fingerprint density at radius 3 is 2.76 bits per heavy atom. The minimum atomic E-state index is 0.0267. The van der Waals surface area contributed by atoms with Gasteiger partial charge in [-0.2, -0.15) is 0 Å². The molecule has 0 heterocycles. The van der Waals surface area contributed by atoms with Crippen LogP contribution in [0.1, 0.15) is 18.1 Å². The highest BCUT2D eigenvalue weighted by Gasteiger charge is 2.02. The largest absolute Gasteiger partial charge is 0.494 e. The van der Waals surface area contributed by atoms with Crippen molar-refractivity contribution >= 4 is 0 Å². The summed E-state index contributed by atoms with van der Waals surface area (Å²) in [5, 5.41) is 3.29. The van der Waals surface area contributed by atoms with Gasteiger partial charge in [-0.15, -0.1) is 0 Å². The Morgan fingerprint density at radius 1 is 1.41 bits per heavy atom. The van der Waals surface area contributed by atoms with Crippen molar-refractivity contribution < 1.29 is 4.74 Å². The lowest BCUT2D eigenvalue weighted by Crippen LogP contribution is -2.39. The van der Waals surface area contributed by atoms with Crippen LogP contribution < -0.4 is 21.5 Å². The summed E-state index contributed by atoms with van der Waals surface area (Å²) < 4.78 is 5.49. The molecule has 4 nitrogen and oxygen atoms in total. The van der Waals surface area contributed by atoms with Gasteiger partial charge < -0.3 is 21.5 Å². The van der Waals surface area contributed by atoms with Crippen LogP contribution in [0.4, 0.5) is 0 Å². The Balaban J connectivity index is 2.47. The van der Waals surface area contributed by atoms with Crippen molar-refractivity contribution in [3.8, 4) is 5.75 Å². The highest BCUT2D eigenvalue weighted by molar-refractivity contribution is 5.36. The Labute approximate surface area is 103 Å². The van der Waals surface area contributed by atoms with Crippen LogP contribution in [0.5, 0.6) is 5.75 Å². The summed E-state index contributed by atoms with van der Waals surface area (Å²) in [6.07, 6.45) is 0. The smallest absolute Gasteiger partial charge is 0.122 e. The first-order chi connectivity index (χ1) is 8.17. The zero-order valence-electron chi connectivity index (χ0n) is 10.7. The molecule has 5 N–H and O–H groups in total. The van der Waals surface area contributed by atoms with E-state index in [-0.39, 0.29) is 6.04 Å². The number of nitrogens with one attached hydrogen (secondary N) is 1. The maximum absolute atomic E-state index is 5.72. The van der Waals surface area contributed by atoms with Gasteiger partial charge in [0.15, 0.2) is 0 Å². The topological polar surface area (TPSA) is 73.3 Å². The molecule has 96 valence electrons. The number of hydrogen-bond donors (Lipinski definition) is 3. The van der Waals surface area contributed by atoms with Crippen molar-refractivity contribution in [1.82, 2.24) is 5.32 Å². The van der Waals surface area contributed by atoms with Gasteiger partial charge in [0.05, 0.1) is 6.61 Å². The predicted molar refractivity (Wildman–Crippen MR) is 71.1 cm³/mol. The average molecular weight is 237 g/mol. The molecule has 1 unspecified atom stereocenters. The molecular formula is C13H23N3O. The predicted octanol–water partition coefficient (Wildman–Crippen LogP) is 0.769. The first kappa shape index (κ1) is 14.0. The van der Waals surface area contributed by atoms with E-state index in [0.29, 0.717) is 13.2 Å². The third kappa shape index (κ3) is 4.73. The van der Waals surface area contributed by atoms with E-state index in [1.807, 2.05) is 13.0 Å². The number of aryl methyl sites for hydroxylation is 1. The maximum atomic E-state index is 5.72. The van der Waals surface area contributed by atoms with E-state index in [9.17, 15) is 0 Å². The van der Waals surface area contributed by atoms with Crippen molar-refractivity contribution in [2.24, 2.45) is 11.5 Å². The van der Waals surface area contributed by atoms with Crippen molar-refractivity contribution in [2.45, 2.75) is 26.4 Å². The van der Waals surface area contributed by atoms with Crippen LogP contribution in [-0.4, -0.2) is 25.7 Å². The van der Waals surface area contributed by atoms with E-state index in [4.69, 9.17) is 16.2 Å². The first-order valence-electron chi connectivity index (χ1n) is 6.06. The van der Waals surface area contributed by atoms with E-state index >= 15 is 0 Å². The zero-order chi connectivity index (χ0) is 12.7. The fraction of sp³-hybridized carbons (Fsp3) is 0.538. The summed E-state index contributed by atoms with van der Waals surface area (Å²) in [6, 6.07) is 6.24. The van der Waals surface area contributed by atoms with Gasteiger partial charge in [0.1, 0.15) is 5.75 Å². The molecule has 1 aromatic carbocycles. The summed E-state index contributed by atoms with van der Waals surface area (Å²) in [5.74, 6) is 0.954. The fourth-order valence-corrected chi connectivity index (χ4v) is 1.62. The highest BCUT2D eigenvalue weighted by Crippen LogP contribution is 2.18. The number of nitrogens with two attached hydrogens (primary N) is 2. The molecule has 0 fully saturated rings. The van der Waals surface area contributed by atoms with E-state index in [2.05, 4.69) is 24.4 Å². The van der Waals surface area contributed by atoms with Crippen molar-refractivity contribution in [2.75, 3.05) is 19.7 Å². The zero-order valence-corrected chi connectivity index (χ0v) is 10.7. The summed E-state index contributed by atoms with van der Waals surface area (Å²) in [6.45, 7) is 6.80. The van der Waals surface area contributed by atoms with Gasteiger partial charge in [-0.05, 0) is 31.0 Å². The minimum absolute atomic E-state index is 0.0267. The summed E-state index contributed by atoms with van der Waals surface area (Å²) >= 11 is 0. The average Bonchev–Trinajstić information content (AvgIpc) is 2.32. The highest BCUT2D eigenvalue weighted by atomic mass is 16.5. The number of rotatable bonds is 7. The molecule has 0 spiro atoms. The van der Waals surface area contributed by atoms with Gasteiger partial charge in [-0.25, -0.2) is 0 Å². The first-order valence-corrected chi connectivity index (χ1v) is 6.06. The molecule has 0 bridgehead atoms. The Kier molecular flexibility index (Phi) is 5.97. The van der Waals surface area contributed by atoms with Crippen LogP contribution in [-0.2, 0) is 6.54 Å². The van der Waals surface area contributed by atoms with Crippen molar-refractivity contribution in [1.29, 1.82) is 0 Å². The van der Waals surface area contributed by atoms with Gasteiger partial charge in [0.2, 0.25) is 0 Å². The lowest BCUT2D eigenvalue weighted by molar-refractivity contribution is 0.337. The second-order valence-corrected chi connectivity index (χ2v) is 4.16. The normalized spacial score (nSPS) is 12.5. The Hall–Kier alpha value is -1.10. The fourth-order valence-electron chi connectivity index (χ4n) is 1.62. The Morgan fingerprint density at radius 2 is 2.18 bits per heavy atom. The maximum Gasteiger partial charge on any atom is 0.122 e. The van der Waals surface area contributed by atoms with Crippen LogP contribution in [0, 0.1) is 6.92 Å². The lowest BCUT2D eigenvalue weighted by atomic mass is 10.1. The summed E-state index contributed by atoms with van der Waals surface area (Å²) in [5.41, 5.74) is 13.6. The SMILES string of the molecule is CCOc1ccc(CNCC(N)CN)cc1C. The molecular weight excluding hydrogens is 214 g/mol. The molecule has 0 aliphatic heterocycles. The summed E-state index contributed by atoms with van der Waals surface area (Å²) in [4.78, 5) is 0. The van der Waals surface area contributed by atoms with Crippen LogP contribution >= 0.6 is 0 Å². The second-order valence-electron chi connectivity index (χ2n) is 4.16. The van der Waals surface area contributed by atoms with Crippen molar-refractivity contribution in [3.63, 3.8) is 0 Å². The van der Waals surface area contributed by atoms with Crippen LogP contribution in [0.2, 0.25) is 0 Å². The van der Waals surface area contributed by atoms with Gasteiger partial charge in [0.25, 0.3) is 0 Å². The van der Waals surface area contributed by atoms with Crippen LogP contribution in [0.3, 0.4) is 0 Å². The quantitative estimate of drug-likeness (QED) is 0.655. The molecule has 17 heavy (non-hydrogen) atoms. The molecule has 0 aromatic heterocycles. The molecule has 1 atom stereocenters.